The minimum absolute atomic E-state index is 0.510. The molecule has 0 radical (unpaired) electrons. The molecule has 0 spiro atoms. The number of ether oxygens (including phenoxy) is 1. The van der Waals surface area contributed by atoms with Gasteiger partial charge in [-0.1, -0.05) is 19.8 Å². The summed E-state index contributed by atoms with van der Waals surface area (Å²) in [5.41, 5.74) is 0. The second kappa shape index (κ2) is 5.84. The summed E-state index contributed by atoms with van der Waals surface area (Å²) in [7, 11) is 0. The molecule has 4 heteroatoms. The van der Waals surface area contributed by atoms with Crippen LogP contribution < -0.4 is 10.1 Å². The summed E-state index contributed by atoms with van der Waals surface area (Å²) in [5, 5.41) is 3.41. The van der Waals surface area contributed by atoms with Crippen LogP contribution in [0, 0.1) is 5.92 Å². The van der Waals surface area contributed by atoms with E-state index in [1.807, 2.05) is 6.92 Å². The third-order valence-corrected chi connectivity index (χ3v) is 3.19. The normalized spacial score (nSPS) is 24.4. The summed E-state index contributed by atoms with van der Waals surface area (Å²) in [6, 6.07) is 2.30. The minimum atomic E-state index is 0.510. The highest BCUT2D eigenvalue weighted by Gasteiger charge is 2.19. The van der Waals surface area contributed by atoms with E-state index in [-0.39, 0.29) is 0 Å². The fraction of sp³-hybridized carbons (Fsp3) is 0.692. The van der Waals surface area contributed by atoms with E-state index >= 15 is 0 Å². The summed E-state index contributed by atoms with van der Waals surface area (Å²) in [5.74, 6) is 2.14. The third kappa shape index (κ3) is 3.58. The van der Waals surface area contributed by atoms with E-state index in [0.717, 1.165) is 5.92 Å². The summed E-state index contributed by atoms with van der Waals surface area (Å²) in [6.45, 7) is 4.90. The molecule has 94 valence electrons. The maximum Gasteiger partial charge on any atom is 0.226 e. The predicted octanol–water partition coefficient (Wildman–Crippen LogP) is 2.87. The summed E-state index contributed by atoms with van der Waals surface area (Å²) >= 11 is 0. The lowest BCUT2D eigenvalue weighted by Crippen LogP contribution is -2.27. The first-order chi connectivity index (χ1) is 8.28. The maximum absolute atomic E-state index is 5.37. The van der Waals surface area contributed by atoms with Crippen molar-refractivity contribution in [3.8, 4) is 5.88 Å². The van der Waals surface area contributed by atoms with Crippen LogP contribution in [0.3, 0.4) is 0 Å². The molecule has 1 aromatic heterocycles. The highest BCUT2D eigenvalue weighted by molar-refractivity contribution is 5.29. The van der Waals surface area contributed by atoms with Gasteiger partial charge in [0, 0.05) is 18.3 Å². The van der Waals surface area contributed by atoms with Crippen molar-refractivity contribution >= 4 is 5.95 Å². The monoisotopic (exact) mass is 235 g/mol. The Morgan fingerprint density at radius 1 is 1.47 bits per heavy atom. The topological polar surface area (TPSA) is 47.0 Å². The van der Waals surface area contributed by atoms with E-state index in [4.69, 9.17) is 4.74 Å². The molecule has 1 heterocycles. The van der Waals surface area contributed by atoms with Crippen LogP contribution in [0.1, 0.15) is 39.5 Å². The Morgan fingerprint density at radius 3 is 3.12 bits per heavy atom. The van der Waals surface area contributed by atoms with Crippen molar-refractivity contribution in [2.75, 3.05) is 11.9 Å². The lowest BCUT2D eigenvalue weighted by Gasteiger charge is -2.27. The largest absolute Gasteiger partial charge is 0.478 e. The molecule has 2 unspecified atom stereocenters. The second-order valence-corrected chi connectivity index (χ2v) is 4.76. The van der Waals surface area contributed by atoms with Gasteiger partial charge >= 0.3 is 0 Å². The van der Waals surface area contributed by atoms with Gasteiger partial charge < -0.3 is 10.1 Å². The summed E-state index contributed by atoms with van der Waals surface area (Å²) < 4.78 is 5.37. The molecule has 2 rings (SSSR count). The van der Waals surface area contributed by atoms with Crippen molar-refractivity contribution in [2.24, 2.45) is 5.92 Å². The van der Waals surface area contributed by atoms with Crippen LogP contribution >= 0.6 is 0 Å². The zero-order valence-electron chi connectivity index (χ0n) is 10.6. The molecule has 4 nitrogen and oxygen atoms in total. The van der Waals surface area contributed by atoms with Crippen LogP contribution in [0.15, 0.2) is 12.3 Å². The number of hydrogen-bond acceptors (Lipinski definition) is 4. The van der Waals surface area contributed by atoms with Gasteiger partial charge in [0.25, 0.3) is 0 Å². The van der Waals surface area contributed by atoms with Gasteiger partial charge in [-0.05, 0) is 25.7 Å². The first-order valence-electron chi connectivity index (χ1n) is 6.50. The molecule has 0 aliphatic heterocycles. The Balaban J connectivity index is 1.95. The van der Waals surface area contributed by atoms with Crippen molar-refractivity contribution in [3.05, 3.63) is 12.3 Å². The third-order valence-electron chi connectivity index (χ3n) is 3.19. The summed E-state index contributed by atoms with van der Waals surface area (Å²) in [4.78, 5) is 8.58. The number of rotatable bonds is 4. The second-order valence-electron chi connectivity index (χ2n) is 4.76. The zero-order chi connectivity index (χ0) is 12.1. The van der Waals surface area contributed by atoms with Crippen molar-refractivity contribution in [3.63, 3.8) is 0 Å². The highest BCUT2D eigenvalue weighted by atomic mass is 16.5. The molecule has 0 bridgehead atoms. The van der Waals surface area contributed by atoms with Gasteiger partial charge in [0.05, 0.1) is 6.61 Å². The Labute approximate surface area is 103 Å². The lowest BCUT2D eigenvalue weighted by molar-refractivity contribution is 0.325. The lowest BCUT2D eigenvalue weighted by atomic mass is 9.87. The fourth-order valence-corrected chi connectivity index (χ4v) is 2.39. The van der Waals surface area contributed by atoms with Gasteiger partial charge in [0.1, 0.15) is 0 Å². The first kappa shape index (κ1) is 12.1. The maximum atomic E-state index is 5.37. The van der Waals surface area contributed by atoms with E-state index in [1.54, 1.807) is 12.3 Å². The Bertz CT molecular complexity index is 356. The van der Waals surface area contributed by atoms with Crippen LogP contribution in [0.4, 0.5) is 5.95 Å². The molecule has 1 aliphatic carbocycles. The van der Waals surface area contributed by atoms with Crippen LogP contribution in [-0.2, 0) is 0 Å². The Kier molecular flexibility index (Phi) is 4.18. The molecule has 1 saturated carbocycles. The number of hydrogen-bond donors (Lipinski definition) is 1. The molecule has 17 heavy (non-hydrogen) atoms. The number of aromatic nitrogens is 2. The highest BCUT2D eigenvalue weighted by Crippen LogP contribution is 2.25. The molecule has 1 aliphatic rings. The number of nitrogens with zero attached hydrogens (tertiary/aromatic N) is 2. The van der Waals surface area contributed by atoms with Gasteiger partial charge in [-0.3, -0.25) is 0 Å². The smallest absolute Gasteiger partial charge is 0.226 e. The average molecular weight is 235 g/mol. The molecule has 1 aromatic rings. The molecule has 0 amide bonds. The predicted molar refractivity (Wildman–Crippen MR) is 68.2 cm³/mol. The van der Waals surface area contributed by atoms with Crippen LogP contribution in [0.5, 0.6) is 5.88 Å². The SMILES string of the molecule is CCOc1ccnc(NC2CCCC(C)C2)n1. The van der Waals surface area contributed by atoms with E-state index in [2.05, 4.69) is 22.2 Å². The van der Waals surface area contributed by atoms with E-state index in [9.17, 15) is 0 Å². The van der Waals surface area contributed by atoms with Gasteiger partial charge in [-0.25, -0.2) is 4.98 Å². The van der Waals surface area contributed by atoms with E-state index in [1.165, 1.54) is 25.7 Å². The minimum Gasteiger partial charge on any atom is -0.478 e. The average Bonchev–Trinajstić information content (AvgIpc) is 2.30. The van der Waals surface area contributed by atoms with Crippen molar-refractivity contribution in [1.29, 1.82) is 0 Å². The van der Waals surface area contributed by atoms with Gasteiger partial charge in [0.15, 0.2) is 0 Å². The molecule has 0 aromatic carbocycles. The first-order valence-corrected chi connectivity index (χ1v) is 6.50. The van der Waals surface area contributed by atoms with Gasteiger partial charge in [-0.15, -0.1) is 0 Å². The van der Waals surface area contributed by atoms with Crippen LogP contribution in [0.2, 0.25) is 0 Å². The van der Waals surface area contributed by atoms with Crippen molar-refractivity contribution in [2.45, 2.75) is 45.6 Å². The Morgan fingerprint density at radius 2 is 2.35 bits per heavy atom. The van der Waals surface area contributed by atoms with Crippen LogP contribution in [0.25, 0.3) is 0 Å². The van der Waals surface area contributed by atoms with E-state index in [0.29, 0.717) is 24.5 Å². The molecule has 1 fully saturated rings. The van der Waals surface area contributed by atoms with Crippen molar-refractivity contribution in [1.82, 2.24) is 9.97 Å². The summed E-state index contributed by atoms with van der Waals surface area (Å²) in [6.07, 6.45) is 6.81. The molecular weight excluding hydrogens is 214 g/mol. The zero-order valence-corrected chi connectivity index (χ0v) is 10.6. The van der Waals surface area contributed by atoms with Crippen LogP contribution in [-0.4, -0.2) is 22.6 Å². The Hall–Kier alpha value is -1.32. The molecular formula is C13H21N3O. The molecule has 1 N–H and O–H groups in total. The molecule has 2 atom stereocenters. The number of nitrogens with one attached hydrogen (secondary N) is 1. The van der Waals surface area contributed by atoms with E-state index < -0.39 is 0 Å². The number of anilines is 1. The van der Waals surface area contributed by atoms with Gasteiger partial charge in [-0.2, -0.15) is 4.98 Å². The quantitative estimate of drug-likeness (QED) is 0.871. The molecule has 0 saturated heterocycles. The van der Waals surface area contributed by atoms with Crippen molar-refractivity contribution < 1.29 is 4.74 Å². The van der Waals surface area contributed by atoms with Gasteiger partial charge in [0.2, 0.25) is 11.8 Å². The standard InChI is InChI=1S/C13H21N3O/c1-3-17-12-7-8-14-13(16-12)15-11-6-4-5-10(2)9-11/h7-8,10-11H,3-6,9H2,1-2H3,(H,14,15,16). The fourth-order valence-electron chi connectivity index (χ4n) is 2.39.